The number of nitrogens with two attached hydrogens (primary N) is 1. The largest absolute Gasteiger partial charge is 0.399 e. The summed E-state index contributed by atoms with van der Waals surface area (Å²) in [6.07, 6.45) is 2.13. The van der Waals surface area contributed by atoms with Crippen molar-refractivity contribution in [2.75, 3.05) is 25.4 Å². The Bertz CT molecular complexity index is 577. The minimum absolute atomic E-state index is 0.0419. The highest BCUT2D eigenvalue weighted by Gasteiger charge is 2.26. The predicted octanol–water partition coefficient (Wildman–Crippen LogP) is 1.68. The number of hydrogen-bond donors (Lipinski definition) is 2. The Hall–Kier alpha value is -0.820. The van der Waals surface area contributed by atoms with Gasteiger partial charge in [0.15, 0.2) is 0 Å². The third-order valence-electron chi connectivity index (χ3n) is 3.66. The summed E-state index contributed by atoms with van der Waals surface area (Å²) in [6.45, 7) is 4.45. The fourth-order valence-corrected chi connectivity index (χ4v) is 4.16. The summed E-state index contributed by atoms with van der Waals surface area (Å²) in [6, 6.07) is 4.72. The van der Waals surface area contributed by atoms with Crippen molar-refractivity contribution < 1.29 is 8.42 Å². The minimum atomic E-state index is -3.62. The number of sulfonamides is 1. The van der Waals surface area contributed by atoms with Crippen LogP contribution in [0.25, 0.3) is 0 Å². The molecule has 1 aliphatic rings. The molecule has 5 nitrogen and oxygen atoms in total. The zero-order valence-corrected chi connectivity index (χ0v) is 13.0. The first-order valence-corrected chi connectivity index (χ1v) is 8.59. The summed E-state index contributed by atoms with van der Waals surface area (Å²) in [5, 5.41) is 0.186. The lowest BCUT2D eigenvalue weighted by Crippen LogP contribution is -2.40. The standard InChI is InChI=1S/C13H20ClN3O2S/c1-2-17-7-3-4-11(17)9-16-20(18,19)13-8-10(15)5-6-12(13)14/h5-6,8,11,16H,2-4,7,9,15H2,1H3/t11-/m0/s1. The smallest absolute Gasteiger partial charge is 0.242 e. The average Bonchev–Trinajstić information content (AvgIpc) is 2.86. The summed E-state index contributed by atoms with van der Waals surface area (Å²) in [7, 11) is -3.62. The van der Waals surface area contributed by atoms with Crippen LogP contribution in [0.3, 0.4) is 0 Å². The highest BCUT2D eigenvalue weighted by atomic mass is 35.5. The molecule has 1 heterocycles. The van der Waals surface area contributed by atoms with Crippen LogP contribution in [0.1, 0.15) is 19.8 Å². The Balaban J connectivity index is 2.09. The molecule has 1 saturated heterocycles. The van der Waals surface area contributed by atoms with Gasteiger partial charge in [-0.05, 0) is 44.1 Å². The Morgan fingerprint density at radius 1 is 1.50 bits per heavy atom. The van der Waals surface area contributed by atoms with Gasteiger partial charge in [-0.2, -0.15) is 0 Å². The van der Waals surface area contributed by atoms with Crippen LogP contribution in [0.5, 0.6) is 0 Å². The van der Waals surface area contributed by atoms with E-state index in [1.54, 1.807) is 6.07 Å². The van der Waals surface area contributed by atoms with E-state index < -0.39 is 10.0 Å². The van der Waals surface area contributed by atoms with Crippen LogP contribution in [0.15, 0.2) is 23.1 Å². The van der Waals surface area contributed by atoms with E-state index in [1.807, 2.05) is 0 Å². The topological polar surface area (TPSA) is 75.4 Å². The number of likely N-dealkylation sites (tertiary alicyclic amines) is 1. The van der Waals surface area contributed by atoms with Crippen molar-refractivity contribution in [1.82, 2.24) is 9.62 Å². The van der Waals surface area contributed by atoms with Crippen molar-refractivity contribution in [3.05, 3.63) is 23.2 Å². The summed E-state index contributed by atoms with van der Waals surface area (Å²) >= 11 is 5.95. The van der Waals surface area contributed by atoms with Gasteiger partial charge in [0.25, 0.3) is 0 Å². The SMILES string of the molecule is CCN1CCC[C@H]1CNS(=O)(=O)c1cc(N)ccc1Cl. The molecule has 0 radical (unpaired) electrons. The molecular weight excluding hydrogens is 298 g/mol. The lowest BCUT2D eigenvalue weighted by molar-refractivity contribution is 0.268. The Kier molecular flexibility index (Phi) is 4.90. The van der Waals surface area contributed by atoms with E-state index >= 15 is 0 Å². The van der Waals surface area contributed by atoms with Crippen LogP contribution in [0.4, 0.5) is 5.69 Å². The molecule has 7 heteroatoms. The van der Waals surface area contributed by atoms with Crippen molar-refractivity contribution in [2.45, 2.75) is 30.7 Å². The first-order chi connectivity index (χ1) is 9.44. The second-order valence-corrected chi connectivity index (χ2v) is 7.11. The number of nitrogens with one attached hydrogen (secondary N) is 1. The van der Waals surface area contributed by atoms with Gasteiger partial charge in [0, 0.05) is 18.3 Å². The van der Waals surface area contributed by atoms with Crippen LogP contribution in [0.2, 0.25) is 5.02 Å². The summed E-state index contributed by atoms with van der Waals surface area (Å²) in [5.41, 5.74) is 6.01. The summed E-state index contributed by atoms with van der Waals surface area (Å²) in [4.78, 5) is 2.32. The van der Waals surface area contributed by atoms with E-state index in [9.17, 15) is 8.42 Å². The molecule has 1 atom stereocenters. The maximum absolute atomic E-state index is 12.3. The van der Waals surface area contributed by atoms with Crippen LogP contribution in [0, 0.1) is 0 Å². The van der Waals surface area contributed by atoms with E-state index in [2.05, 4.69) is 16.5 Å². The van der Waals surface area contributed by atoms with Crippen molar-refractivity contribution in [2.24, 2.45) is 0 Å². The molecule has 1 aromatic rings. The van der Waals surface area contributed by atoms with Gasteiger partial charge in [-0.25, -0.2) is 13.1 Å². The number of nitrogen functional groups attached to an aromatic ring is 1. The molecule has 0 amide bonds. The number of anilines is 1. The molecule has 0 spiro atoms. The second-order valence-electron chi connectivity index (χ2n) is 4.97. The van der Waals surface area contributed by atoms with Crippen molar-refractivity contribution in [3.63, 3.8) is 0 Å². The summed E-state index contributed by atoms with van der Waals surface area (Å²) in [5.74, 6) is 0. The van der Waals surface area contributed by atoms with E-state index in [1.165, 1.54) is 12.1 Å². The molecule has 0 aliphatic carbocycles. The zero-order valence-electron chi connectivity index (χ0n) is 11.5. The van der Waals surface area contributed by atoms with Gasteiger partial charge in [-0.1, -0.05) is 18.5 Å². The fourth-order valence-electron chi connectivity index (χ4n) is 2.55. The normalized spacial score (nSPS) is 20.4. The van der Waals surface area contributed by atoms with E-state index in [4.69, 9.17) is 17.3 Å². The van der Waals surface area contributed by atoms with Gasteiger partial charge in [-0.15, -0.1) is 0 Å². The Morgan fingerprint density at radius 3 is 2.95 bits per heavy atom. The van der Waals surface area contributed by atoms with E-state index in [-0.39, 0.29) is 16.0 Å². The molecule has 20 heavy (non-hydrogen) atoms. The quantitative estimate of drug-likeness (QED) is 0.810. The first-order valence-electron chi connectivity index (χ1n) is 6.73. The Labute approximate surface area is 125 Å². The van der Waals surface area contributed by atoms with Crippen LogP contribution < -0.4 is 10.5 Å². The van der Waals surface area contributed by atoms with Gasteiger partial charge in [0.2, 0.25) is 10.0 Å². The molecule has 0 saturated carbocycles. The number of rotatable bonds is 5. The predicted molar refractivity (Wildman–Crippen MR) is 81.3 cm³/mol. The van der Waals surface area contributed by atoms with Crippen molar-refractivity contribution in [3.8, 4) is 0 Å². The molecule has 0 bridgehead atoms. The number of likely N-dealkylation sites (N-methyl/N-ethyl adjacent to an activating group) is 1. The molecule has 1 fully saturated rings. The number of halogens is 1. The summed E-state index contributed by atoms with van der Waals surface area (Å²) < 4.78 is 27.2. The van der Waals surface area contributed by atoms with E-state index in [0.29, 0.717) is 12.2 Å². The monoisotopic (exact) mass is 317 g/mol. The number of nitrogens with zero attached hydrogens (tertiary/aromatic N) is 1. The highest BCUT2D eigenvalue weighted by molar-refractivity contribution is 7.89. The van der Waals surface area contributed by atoms with Gasteiger partial charge < -0.3 is 5.73 Å². The van der Waals surface area contributed by atoms with Gasteiger partial charge >= 0.3 is 0 Å². The molecular formula is C13H20ClN3O2S. The molecule has 112 valence electrons. The number of hydrogen-bond acceptors (Lipinski definition) is 4. The zero-order chi connectivity index (χ0) is 14.8. The Morgan fingerprint density at radius 2 is 2.25 bits per heavy atom. The van der Waals surface area contributed by atoms with Crippen LogP contribution in [-0.2, 0) is 10.0 Å². The fraction of sp³-hybridized carbons (Fsp3) is 0.538. The van der Waals surface area contributed by atoms with Gasteiger partial charge in [0.05, 0.1) is 5.02 Å². The highest BCUT2D eigenvalue weighted by Crippen LogP contribution is 2.24. The molecule has 2 rings (SSSR count). The van der Waals surface area contributed by atoms with Gasteiger partial charge in [0.1, 0.15) is 4.90 Å². The lowest BCUT2D eigenvalue weighted by atomic mass is 10.2. The van der Waals surface area contributed by atoms with Gasteiger partial charge in [-0.3, -0.25) is 4.90 Å². The van der Waals surface area contributed by atoms with Crippen molar-refractivity contribution >= 4 is 27.3 Å². The molecule has 0 aromatic heterocycles. The van der Waals surface area contributed by atoms with Crippen LogP contribution in [-0.4, -0.2) is 39.0 Å². The third kappa shape index (κ3) is 3.44. The maximum Gasteiger partial charge on any atom is 0.242 e. The third-order valence-corrected chi connectivity index (χ3v) is 5.56. The lowest BCUT2D eigenvalue weighted by Gasteiger charge is -2.23. The van der Waals surface area contributed by atoms with E-state index in [0.717, 1.165) is 25.9 Å². The molecule has 1 aliphatic heterocycles. The molecule has 0 unspecified atom stereocenters. The first kappa shape index (κ1) is 15.6. The molecule has 3 N–H and O–H groups in total. The molecule has 1 aromatic carbocycles. The van der Waals surface area contributed by atoms with Crippen molar-refractivity contribution in [1.29, 1.82) is 0 Å². The number of benzene rings is 1. The second kappa shape index (κ2) is 6.30. The van der Waals surface area contributed by atoms with Crippen LogP contribution >= 0.6 is 11.6 Å². The minimum Gasteiger partial charge on any atom is -0.399 e. The maximum atomic E-state index is 12.3. The average molecular weight is 318 g/mol.